The highest BCUT2D eigenvalue weighted by atomic mass is 16.4. The Morgan fingerprint density at radius 2 is 1.57 bits per heavy atom. The van der Waals surface area contributed by atoms with Crippen molar-refractivity contribution in [2.24, 2.45) is 5.92 Å². The molecule has 0 saturated carbocycles. The summed E-state index contributed by atoms with van der Waals surface area (Å²) in [6.45, 7) is 7.96. The highest BCUT2D eigenvalue weighted by Gasteiger charge is 2.21. The van der Waals surface area contributed by atoms with E-state index in [1.807, 2.05) is 12.3 Å². The van der Waals surface area contributed by atoms with Crippen molar-refractivity contribution in [3.05, 3.63) is 59.5 Å². The summed E-state index contributed by atoms with van der Waals surface area (Å²) in [7, 11) is 0. The number of aliphatic carboxylic acids is 2. The molecule has 1 atom stereocenters. The lowest BCUT2D eigenvalue weighted by atomic mass is 9.93. The van der Waals surface area contributed by atoms with Crippen LogP contribution in [0, 0.1) is 5.92 Å². The van der Waals surface area contributed by atoms with E-state index >= 15 is 0 Å². The maximum absolute atomic E-state index is 9.10. The minimum Gasteiger partial charge on any atom is -0.473 e. The van der Waals surface area contributed by atoms with Gasteiger partial charge < -0.3 is 14.6 Å². The first-order valence-corrected chi connectivity index (χ1v) is 9.65. The van der Waals surface area contributed by atoms with E-state index in [4.69, 9.17) is 24.2 Å². The lowest BCUT2D eigenvalue weighted by molar-refractivity contribution is -0.159. The van der Waals surface area contributed by atoms with Gasteiger partial charge in [-0.3, -0.25) is 4.90 Å². The van der Waals surface area contributed by atoms with Crippen LogP contribution in [0.3, 0.4) is 0 Å². The van der Waals surface area contributed by atoms with E-state index in [9.17, 15) is 0 Å². The molecular weight excluding hydrogens is 358 g/mol. The van der Waals surface area contributed by atoms with E-state index < -0.39 is 11.9 Å². The van der Waals surface area contributed by atoms with Crippen molar-refractivity contribution in [3.8, 4) is 0 Å². The number of nitrogens with zero attached hydrogens (tertiary/aromatic N) is 1. The number of rotatable bonds is 7. The minimum absolute atomic E-state index is 0.557. The molecule has 1 unspecified atom stereocenters. The van der Waals surface area contributed by atoms with E-state index in [1.54, 1.807) is 0 Å². The average molecular weight is 387 g/mol. The van der Waals surface area contributed by atoms with Gasteiger partial charge in [-0.2, -0.15) is 0 Å². The van der Waals surface area contributed by atoms with Gasteiger partial charge in [0.1, 0.15) is 5.76 Å². The number of fused-ring (bicyclic) bond motifs is 1. The summed E-state index contributed by atoms with van der Waals surface area (Å²) in [6, 6.07) is 13.0. The zero-order valence-electron chi connectivity index (χ0n) is 16.5. The topological polar surface area (TPSA) is 91.0 Å². The van der Waals surface area contributed by atoms with Crippen molar-refractivity contribution in [1.82, 2.24) is 4.90 Å². The zero-order valence-corrected chi connectivity index (χ0v) is 16.5. The van der Waals surface area contributed by atoms with Crippen molar-refractivity contribution >= 4 is 11.9 Å². The summed E-state index contributed by atoms with van der Waals surface area (Å²) >= 11 is 0. The molecule has 0 radical (unpaired) electrons. The van der Waals surface area contributed by atoms with Gasteiger partial charge in [-0.25, -0.2) is 9.59 Å². The van der Waals surface area contributed by atoms with Crippen LogP contribution in [0.4, 0.5) is 0 Å². The van der Waals surface area contributed by atoms with Crippen LogP contribution >= 0.6 is 0 Å². The second-order valence-electron chi connectivity index (χ2n) is 7.56. The lowest BCUT2D eigenvalue weighted by Gasteiger charge is -2.20. The molecule has 0 aliphatic carbocycles. The van der Waals surface area contributed by atoms with Crippen LogP contribution in [0.5, 0.6) is 0 Å². The number of carboxylic acids is 2. The monoisotopic (exact) mass is 387 g/mol. The molecule has 1 aromatic carbocycles. The molecule has 0 saturated heterocycles. The first kappa shape index (κ1) is 21.7. The highest BCUT2D eigenvalue weighted by molar-refractivity contribution is 6.27. The molecule has 6 nitrogen and oxygen atoms in total. The Hall–Kier alpha value is -2.60. The summed E-state index contributed by atoms with van der Waals surface area (Å²) in [4.78, 5) is 20.8. The van der Waals surface area contributed by atoms with Crippen LogP contribution in [-0.4, -0.2) is 33.6 Å². The maximum atomic E-state index is 9.10. The summed E-state index contributed by atoms with van der Waals surface area (Å²) in [5, 5.41) is 14.8. The Morgan fingerprint density at radius 1 is 0.964 bits per heavy atom. The van der Waals surface area contributed by atoms with Gasteiger partial charge in [0.15, 0.2) is 0 Å². The van der Waals surface area contributed by atoms with Crippen molar-refractivity contribution in [2.45, 2.75) is 52.1 Å². The Morgan fingerprint density at radius 3 is 2.04 bits per heavy atom. The van der Waals surface area contributed by atoms with Crippen molar-refractivity contribution in [3.63, 3.8) is 0 Å². The Kier molecular flexibility index (Phi) is 8.26. The highest BCUT2D eigenvalue weighted by Crippen LogP contribution is 2.29. The first-order valence-electron chi connectivity index (χ1n) is 9.65. The van der Waals surface area contributed by atoms with E-state index in [0.717, 1.165) is 31.3 Å². The number of hydrogen-bond acceptors (Lipinski definition) is 4. The second kappa shape index (κ2) is 10.7. The fourth-order valence-electron chi connectivity index (χ4n) is 3.39. The first-order chi connectivity index (χ1) is 13.4. The Balaban J connectivity index is 0.000000409. The predicted molar refractivity (Wildman–Crippen MR) is 106 cm³/mol. The van der Waals surface area contributed by atoms with Gasteiger partial charge in [-0.05, 0) is 48.6 Å². The molecule has 1 aromatic heterocycles. The lowest BCUT2D eigenvalue weighted by Crippen LogP contribution is -2.20. The van der Waals surface area contributed by atoms with Gasteiger partial charge >= 0.3 is 11.9 Å². The Bertz CT molecular complexity index is 717. The number of hydrogen-bond donors (Lipinski definition) is 2. The Labute approximate surface area is 165 Å². The molecule has 0 spiro atoms. The number of benzene rings is 1. The molecule has 2 heterocycles. The average Bonchev–Trinajstić information content (AvgIpc) is 3.31. The predicted octanol–water partition coefficient (Wildman–Crippen LogP) is 4.36. The fraction of sp³-hybridized carbons (Fsp3) is 0.455. The van der Waals surface area contributed by atoms with Gasteiger partial charge in [0.2, 0.25) is 0 Å². The minimum atomic E-state index is -1.82. The molecule has 0 bridgehead atoms. The fourth-order valence-corrected chi connectivity index (χ4v) is 3.39. The second-order valence-corrected chi connectivity index (χ2v) is 7.56. The quantitative estimate of drug-likeness (QED) is 0.686. The third-order valence-electron chi connectivity index (χ3n) is 4.92. The van der Waals surface area contributed by atoms with Crippen molar-refractivity contribution < 1.29 is 24.2 Å². The molecule has 0 amide bonds. The van der Waals surface area contributed by atoms with Gasteiger partial charge in [-0.1, -0.05) is 44.5 Å². The van der Waals surface area contributed by atoms with Crippen molar-refractivity contribution in [2.75, 3.05) is 6.54 Å². The third kappa shape index (κ3) is 6.85. The normalized spacial score (nSPS) is 14.2. The van der Waals surface area contributed by atoms with Crippen LogP contribution < -0.4 is 0 Å². The molecule has 3 rings (SSSR count). The molecule has 1 aliphatic heterocycles. The van der Waals surface area contributed by atoms with E-state index in [1.165, 1.54) is 30.4 Å². The van der Waals surface area contributed by atoms with E-state index in [-0.39, 0.29) is 0 Å². The van der Waals surface area contributed by atoms with Crippen LogP contribution in [0.2, 0.25) is 0 Å². The summed E-state index contributed by atoms with van der Waals surface area (Å²) in [5.41, 5.74) is 3.00. The van der Waals surface area contributed by atoms with Gasteiger partial charge in [-0.15, -0.1) is 0 Å². The number of carboxylic acid groups (broad SMARTS) is 2. The van der Waals surface area contributed by atoms with E-state index in [0.29, 0.717) is 5.92 Å². The summed E-state index contributed by atoms with van der Waals surface area (Å²) in [5.74, 6) is -1.17. The van der Waals surface area contributed by atoms with Gasteiger partial charge in [0.05, 0.1) is 6.26 Å². The van der Waals surface area contributed by atoms with Crippen molar-refractivity contribution in [1.29, 1.82) is 0 Å². The smallest absolute Gasteiger partial charge is 0.414 e. The molecule has 6 heteroatoms. The van der Waals surface area contributed by atoms with Crippen LogP contribution in [0.15, 0.2) is 47.1 Å². The standard InChI is InChI=1S/C20H27NO.C2H2O4/c1-16(2)9-10-17(20-8-5-13-22-20)11-12-21-14-18-6-3-4-7-19(18)15-21;3-1(4)2(5)6/h3-8,13,16-17H,9-12,14-15H2,1-2H3;(H,3,4)(H,5,6). The molecule has 28 heavy (non-hydrogen) atoms. The summed E-state index contributed by atoms with van der Waals surface area (Å²) < 4.78 is 5.69. The number of carbonyl (C=O) groups is 2. The number of furan rings is 1. The molecular formula is C22H29NO5. The van der Waals surface area contributed by atoms with E-state index in [2.05, 4.69) is 49.1 Å². The molecule has 2 N–H and O–H groups in total. The molecule has 1 aliphatic rings. The molecule has 0 fully saturated rings. The maximum Gasteiger partial charge on any atom is 0.414 e. The summed E-state index contributed by atoms with van der Waals surface area (Å²) in [6.07, 6.45) is 5.50. The zero-order chi connectivity index (χ0) is 20.5. The SMILES string of the molecule is CC(C)CCC(CCN1Cc2ccccc2C1)c1ccco1.O=C(O)C(=O)O. The molecule has 152 valence electrons. The largest absolute Gasteiger partial charge is 0.473 e. The van der Waals surface area contributed by atoms with Crippen LogP contribution in [0.1, 0.15) is 55.9 Å². The third-order valence-corrected chi connectivity index (χ3v) is 4.92. The van der Waals surface area contributed by atoms with Gasteiger partial charge in [0.25, 0.3) is 0 Å². The van der Waals surface area contributed by atoms with Crippen LogP contribution in [0.25, 0.3) is 0 Å². The molecule has 2 aromatic rings. The van der Waals surface area contributed by atoms with Crippen LogP contribution in [-0.2, 0) is 22.7 Å². The van der Waals surface area contributed by atoms with Gasteiger partial charge in [0, 0.05) is 19.0 Å².